The summed E-state index contributed by atoms with van der Waals surface area (Å²) in [7, 11) is 0. The van der Waals surface area contributed by atoms with Crippen LogP contribution in [0.5, 0.6) is 0 Å². The Balaban J connectivity index is 2.14. The van der Waals surface area contributed by atoms with Crippen LogP contribution in [0.25, 0.3) is 0 Å². The Morgan fingerprint density at radius 1 is 1.33 bits per heavy atom. The van der Waals surface area contributed by atoms with Crippen molar-refractivity contribution < 1.29 is 14.7 Å². The zero-order valence-corrected chi connectivity index (χ0v) is 12.3. The first-order valence-corrected chi connectivity index (χ1v) is 6.96. The Hall–Kier alpha value is -2.30. The van der Waals surface area contributed by atoms with Crippen LogP contribution in [0.2, 0.25) is 0 Å². The molecule has 1 aliphatic rings. The molecule has 1 aliphatic heterocycles. The number of hydrogen-bond acceptors (Lipinski definition) is 2. The van der Waals surface area contributed by atoms with E-state index >= 15 is 0 Å². The third kappa shape index (κ3) is 3.62. The molecule has 5 nitrogen and oxygen atoms in total. The summed E-state index contributed by atoms with van der Waals surface area (Å²) in [4.78, 5) is 25.0. The number of carboxylic acid groups (broad SMARTS) is 1. The first-order chi connectivity index (χ1) is 9.99. The van der Waals surface area contributed by atoms with Gasteiger partial charge in [-0.15, -0.1) is 0 Å². The van der Waals surface area contributed by atoms with E-state index in [-0.39, 0.29) is 6.03 Å². The van der Waals surface area contributed by atoms with Gasteiger partial charge in [-0.3, -0.25) is 0 Å². The van der Waals surface area contributed by atoms with Crippen LogP contribution in [0, 0.1) is 0 Å². The summed E-state index contributed by atoms with van der Waals surface area (Å²) in [6.45, 7) is 4.63. The van der Waals surface area contributed by atoms with Gasteiger partial charge in [0.15, 0.2) is 0 Å². The number of allylic oxidation sites excluding steroid dienone is 1. The molecule has 1 aromatic rings. The van der Waals surface area contributed by atoms with Crippen LogP contribution >= 0.6 is 0 Å². The number of amides is 2. The van der Waals surface area contributed by atoms with E-state index in [9.17, 15) is 14.7 Å². The SMILES string of the molecule is CC(C)=CCNC(=O)N1Cc2ccccc2C[C@@H]1C(=O)O. The van der Waals surface area contributed by atoms with Gasteiger partial charge in [-0.05, 0) is 25.0 Å². The van der Waals surface area contributed by atoms with Crippen LogP contribution < -0.4 is 5.32 Å². The van der Waals surface area contributed by atoms with Crippen molar-refractivity contribution in [2.75, 3.05) is 6.54 Å². The lowest BCUT2D eigenvalue weighted by Crippen LogP contribution is -2.52. The van der Waals surface area contributed by atoms with Gasteiger partial charge < -0.3 is 15.3 Å². The Labute approximate surface area is 124 Å². The van der Waals surface area contributed by atoms with Gasteiger partial charge in [0.1, 0.15) is 6.04 Å². The normalized spacial score (nSPS) is 16.9. The highest BCUT2D eigenvalue weighted by molar-refractivity contribution is 5.83. The summed E-state index contributed by atoms with van der Waals surface area (Å²) in [6, 6.07) is 6.50. The third-order valence-electron chi connectivity index (χ3n) is 3.56. The standard InChI is InChI=1S/C16H20N2O3/c1-11(2)7-8-17-16(21)18-10-13-6-4-3-5-12(13)9-14(18)15(19)20/h3-7,14H,8-10H2,1-2H3,(H,17,21)(H,19,20)/t14-/m1/s1. The van der Waals surface area contributed by atoms with Crippen molar-refractivity contribution >= 4 is 12.0 Å². The average Bonchev–Trinajstić information content (AvgIpc) is 2.45. The van der Waals surface area contributed by atoms with E-state index in [1.807, 2.05) is 44.2 Å². The van der Waals surface area contributed by atoms with Gasteiger partial charge in [0.2, 0.25) is 0 Å². The molecule has 5 heteroatoms. The maximum Gasteiger partial charge on any atom is 0.326 e. The number of nitrogens with zero attached hydrogens (tertiary/aromatic N) is 1. The minimum Gasteiger partial charge on any atom is -0.480 e. The van der Waals surface area contributed by atoms with Crippen LogP contribution in [-0.4, -0.2) is 34.6 Å². The summed E-state index contributed by atoms with van der Waals surface area (Å²) < 4.78 is 0. The molecule has 0 aromatic heterocycles. The molecular weight excluding hydrogens is 268 g/mol. The number of carbonyl (C=O) groups is 2. The summed E-state index contributed by atoms with van der Waals surface area (Å²) >= 11 is 0. The summed E-state index contributed by atoms with van der Waals surface area (Å²) in [5.41, 5.74) is 3.11. The molecule has 0 saturated carbocycles. The third-order valence-corrected chi connectivity index (χ3v) is 3.56. The monoisotopic (exact) mass is 288 g/mol. The van der Waals surface area contributed by atoms with Crippen molar-refractivity contribution in [3.8, 4) is 0 Å². The predicted molar refractivity (Wildman–Crippen MR) is 79.9 cm³/mol. The van der Waals surface area contributed by atoms with Crippen LogP contribution in [0.3, 0.4) is 0 Å². The fourth-order valence-corrected chi connectivity index (χ4v) is 2.40. The van der Waals surface area contributed by atoms with Gasteiger partial charge in [0.05, 0.1) is 0 Å². The van der Waals surface area contributed by atoms with Crippen molar-refractivity contribution in [2.45, 2.75) is 32.9 Å². The van der Waals surface area contributed by atoms with Crippen LogP contribution in [-0.2, 0) is 17.8 Å². The number of hydrogen-bond donors (Lipinski definition) is 2. The average molecular weight is 288 g/mol. The molecule has 1 heterocycles. The predicted octanol–water partition coefficient (Wildman–Crippen LogP) is 2.17. The highest BCUT2D eigenvalue weighted by atomic mass is 16.4. The lowest BCUT2D eigenvalue weighted by molar-refractivity contribution is -0.142. The molecular formula is C16H20N2O3. The first-order valence-electron chi connectivity index (χ1n) is 6.96. The lowest BCUT2D eigenvalue weighted by atomic mass is 9.94. The van der Waals surface area contributed by atoms with Crippen molar-refractivity contribution in [3.05, 3.63) is 47.0 Å². The number of urea groups is 1. The van der Waals surface area contributed by atoms with Crippen LogP contribution in [0.15, 0.2) is 35.9 Å². The minimum atomic E-state index is -0.970. The molecule has 2 amide bonds. The molecule has 0 saturated heterocycles. The van der Waals surface area contributed by atoms with E-state index in [2.05, 4.69) is 5.32 Å². The summed E-state index contributed by atoms with van der Waals surface area (Å²) in [5.74, 6) is -0.970. The van der Waals surface area contributed by atoms with Crippen LogP contribution in [0.4, 0.5) is 4.79 Å². The van der Waals surface area contributed by atoms with Gasteiger partial charge in [-0.1, -0.05) is 35.9 Å². The molecule has 112 valence electrons. The molecule has 0 fully saturated rings. The smallest absolute Gasteiger partial charge is 0.326 e. The van der Waals surface area contributed by atoms with E-state index in [0.717, 1.165) is 16.7 Å². The Morgan fingerprint density at radius 3 is 2.62 bits per heavy atom. The Bertz CT molecular complexity index is 577. The quantitative estimate of drug-likeness (QED) is 0.838. The number of rotatable bonds is 3. The van der Waals surface area contributed by atoms with E-state index in [4.69, 9.17) is 0 Å². The molecule has 2 rings (SSSR count). The number of nitrogens with one attached hydrogen (secondary N) is 1. The molecule has 0 unspecified atom stereocenters. The summed E-state index contributed by atoms with van der Waals surface area (Å²) in [5, 5.41) is 12.1. The van der Waals surface area contributed by atoms with Crippen LogP contribution in [0.1, 0.15) is 25.0 Å². The second-order valence-corrected chi connectivity index (χ2v) is 5.42. The fraction of sp³-hybridized carbons (Fsp3) is 0.375. The Morgan fingerprint density at radius 2 is 2.00 bits per heavy atom. The number of aliphatic carboxylic acids is 1. The van der Waals surface area contributed by atoms with Gasteiger partial charge in [0.25, 0.3) is 0 Å². The number of fused-ring (bicyclic) bond motifs is 1. The molecule has 2 N–H and O–H groups in total. The Kier molecular flexibility index (Phi) is 4.62. The van der Waals surface area contributed by atoms with Gasteiger partial charge in [-0.25, -0.2) is 9.59 Å². The number of carbonyl (C=O) groups excluding carboxylic acids is 1. The molecule has 1 atom stereocenters. The zero-order valence-electron chi connectivity index (χ0n) is 12.3. The van der Waals surface area contributed by atoms with Gasteiger partial charge in [0, 0.05) is 19.5 Å². The maximum atomic E-state index is 12.2. The molecule has 0 bridgehead atoms. The maximum absolute atomic E-state index is 12.2. The van der Waals surface area contributed by atoms with Crippen molar-refractivity contribution in [1.29, 1.82) is 0 Å². The number of carboxylic acids is 1. The first kappa shape index (κ1) is 15.1. The second-order valence-electron chi connectivity index (χ2n) is 5.42. The summed E-state index contributed by atoms with van der Waals surface area (Å²) in [6.07, 6.45) is 2.24. The van der Waals surface area contributed by atoms with Crippen molar-refractivity contribution in [2.24, 2.45) is 0 Å². The molecule has 1 aromatic carbocycles. The highest BCUT2D eigenvalue weighted by Crippen LogP contribution is 2.23. The zero-order chi connectivity index (χ0) is 15.4. The highest BCUT2D eigenvalue weighted by Gasteiger charge is 2.34. The van der Waals surface area contributed by atoms with Crippen molar-refractivity contribution in [1.82, 2.24) is 10.2 Å². The topological polar surface area (TPSA) is 69.6 Å². The van der Waals surface area contributed by atoms with Crippen molar-refractivity contribution in [3.63, 3.8) is 0 Å². The largest absolute Gasteiger partial charge is 0.480 e. The van der Waals surface area contributed by atoms with E-state index in [1.54, 1.807) is 0 Å². The van der Waals surface area contributed by atoms with E-state index in [1.165, 1.54) is 4.90 Å². The molecule has 21 heavy (non-hydrogen) atoms. The number of benzene rings is 1. The molecule has 0 radical (unpaired) electrons. The second kappa shape index (κ2) is 6.43. The fourth-order valence-electron chi connectivity index (χ4n) is 2.40. The van der Waals surface area contributed by atoms with Gasteiger partial charge in [-0.2, -0.15) is 0 Å². The molecule has 0 aliphatic carbocycles. The van der Waals surface area contributed by atoms with Gasteiger partial charge >= 0.3 is 12.0 Å². The molecule has 0 spiro atoms. The van der Waals surface area contributed by atoms with E-state index in [0.29, 0.717) is 19.5 Å². The lowest BCUT2D eigenvalue weighted by Gasteiger charge is -2.34. The minimum absolute atomic E-state index is 0.327. The van der Waals surface area contributed by atoms with E-state index < -0.39 is 12.0 Å².